The fourth-order valence-electron chi connectivity index (χ4n) is 3.08. The van der Waals surface area contributed by atoms with Crippen LogP contribution < -0.4 is 10.2 Å². The minimum Gasteiger partial charge on any atom is -0.496 e. The van der Waals surface area contributed by atoms with Crippen molar-refractivity contribution in [1.82, 2.24) is 5.48 Å². The Kier molecular flexibility index (Phi) is 4.82. The summed E-state index contributed by atoms with van der Waals surface area (Å²) in [5.74, 6) is 1.01. The van der Waals surface area contributed by atoms with Gasteiger partial charge in [0.1, 0.15) is 5.75 Å². The van der Waals surface area contributed by atoms with Gasteiger partial charge in [0.25, 0.3) is 0 Å². The molecule has 19 heavy (non-hydrogen) atoms. The Balaban J connectivity index is 2.24. The lowest BCUT2D eigenvalue weighted by Crippen LogP contribution is -2.32. The molecule has 2 rings (SSSR count). The van der Waals surface area contributed by atoms with Crippen molar-refractivity contribution in [1.29, 1.82) is 0 Å². The average Bonchev–Trinajstić information content (AvgIpc) is 3.09. The summed E-state index contributed by atoms with van der Waals surface area (Å²) in [6, 6.07) is 2.02. The first-order chi connectivity index (χ1) is 9.17. The molecular formula is C14H21NO3S. The average molecular weight is 283 g/mol. The first-order valence-electron chi connectivity index (χ1n) is 6.73. The van der Waals surface area contributed by atoms with E-state index in [1.807, 2.05) is 18.4 Å². The van der Waals surface area contributed by atoms with Gasteiger partial charge in [0.2, 0.25) is 5.91 Å². The molecule has 0 aromatic carbocycles. The van der Waals surface area contributed by atoms with Crippen molar-refractivity contribution in [3.05, 3.63) is 16.3 Å². The number of hydroxylamine groups is 1. The zero-order valence-corrected chi connectivity index (χ0v) is 12.2. The van der Waals surface area contributed by atoms with E-state index < -0.39 is 0 Å². The van der Waals surface area contributed by atoms with Gasteiger partial charge in [-0.2, -0.15) is 0 Å². The summed E-state index contributed by atoms with van der Waals surface area (Å²) >= 11 is 1.64. The first kappa shape index (κ1) is 14.3. The van der Waals surface area contributed by atoms with E-state index in [0.717, 1.165) is 18.6 Å². The Labute approximate surface area is 117 Å². The molecule has 0 aliphatic heterocycles. The molecule has 0 saturated heterocycles. The predicted octanol–water partition coefficient (Wildman–Crippen LogP) is 3.17. The van der Waals surface area contributed by atoms with E-state index in [0.29, 0.717) is 5.92 Å². The lowest BCUT2D eigenvalue weighted by Gasteiger charge is -2.27. The summed E-state index contributed by atoms with van der Waals surface area (Å²) in [6.07, 6.45) is 4.79. The molecule has 1 heterocycles. The quantitative estimate of drug-likeness (QED) is 0.644. The molecule has 2 atom stereocenters. The number of carbonyl (C=O) groups is 1. The Bertz CT molecular complexity index is 426. The van der Waals surface area contributed by atoms with E-state index in [9.17, 15) is 4.79 Å². The molecule has 1 aliphatic carbocycles. The van der Waals surface area contributed by atoms with Crippen LogP contribution in [0.3, 0.4) is 0 Å². The van der Waals surface area contributed by atoms with Crippen molar-refractivity contribution in [3.63, 3.8) is 0 Å². The van der Waals surface area contributed by atoms with E-state index in [1.165, 1.54) is 17.7 Å². The SMILES string of the molecule is COc1csc(C(C2CCCC2)C(C)C(=O)NO)c1. The fourth-order valence-corrected chi connectivity index (χ4v) is 4.24. The zero-order chi connectivity index (χ0) is 13.8. The van der Waals surface area contributed by atoms with Gasteiger partial charge < -0.3 is 4.74 Å². The van der Waals surface area contributed by atoms with Crippen molar-refractivity contribution in [3.8, 4) is 5.75 Å². The Morgan fingerprint density at radius 3 is 2.74 bits per heavy atom. The number of thiophene rings is 1. The monoisotopic (exact) mass is 283 g/mol. The van der Waals surface area contributed by atoms with Crippen molar-refractivity contribution < 1.29 is 14.7 Å². The zero-order valence-electron chi connectivity index (χ0n) is 11.4. The first-order valence-corrected chi connectivity index (χ1v) is 7.61. The van der Waals surface area contributed by atoms with E-state index in [4.69, 9.17) is 9.94 Å². The number of hydrogen-bond donors (Lipinski definition) is 2. The molecule has 1 amide bonds. The summed E-state index contributed by atoms with van der Waals surface area (Å²) in [5.41, 5.74) is 1.79. The van der Waals surface area contributed by atoms with Gasteiger partial charge in [0.05, 0.1) is 7.11 Å². The molecule has 2 unspecified atom stereocenters. The second-order valence-electron chi connectivity index (χ2n) is 5.22. The predicted molar refractivity (Wildman–Crippen MR) is 74.7 cm³/mol. The highest BCUT2D eigenvalue weighted by Gasteiger charge is 2.35. The van der Waals surface area contributed by atoms with Crippen LogP contribution in [0.1, 0.15) is 43.4 Å². The molecule has 0 radical (unpaired) electrons. The van der Waals surface area contributed by atoms with E-state index in [-0.39, 0.29) is 17.7 Å². The third-order valence-electron chi connectivity index (χ3n) is 4.13. The lowest BCUT2D eigenvalue weighted by molar-refractivity contribution is -0.134. The number of carbonyl (C=O) groups excluding carboxylic acids is 1. The molecule has 4 nitrogen and oxygen atoms in total. The van der Waals surface area contributed by atoms with Gasteiger partial charge in [0, 0.05) is 22.1 Å². The van der Waals surface area contributed by atoms with Gasteiger partial charge in [-0.3, -0.25) is 10.0 Å². The van der Waals surface area contributed by atoms with Crippen molar-refractivity contribution >= 4 is 17.2 Å². The highest BCUT2D eigenvalue weighted by Crippen LogP contribution is 2.44. The molecule has 1 aromatic rings. The summed E-state index contributed by atoms with van der Waals surface area (Å²) < 4.78 is 5.23. The molecule has 0 spiro atoms. The van der Waals surface area contributed by atoms with E-state index in [1.54, 1.807) is 23.9 Å². The van der Waals surface area contributed by atoms with Crippen molar-refractivity contribution in [2.45, 2.75) is 38.5 Å². The van der Waals surface area contributed by atoms with Crippen LogP contribution in [0.4, 0.5) is 0 Å². The van der Waals surface area contributed by atoms with Gasteiger partial charge in [-0.15, -0.1) is 11.3 Å². The van der Waals surface area contributed by atoms with Crippen LogP contribution in [0.25, 0.3) is 0 Å². The van der Waals surface area contributed by atoms with Gasteiger partial charge >= 0.3 is 0 Å². The van der Waals surface area contributed by atoms with Crippen LogP contribution in [0, 0.1) is 11.8 Å². The third-order valence-corrected chi connectivity index (χ3v) is 5.14. The normalized spacial score (nSPS) is 19.1. The number of rotatable bonds is 5. The maximum Gasteiger partial charge on any atom is 0.246 e. The summed E-state index contributed by atoms with van der Waals surface area (Å²) in [4.78, 5) is 13.0. The highest BCUT2D eigenvalue weighted by atomic mass is 32.1. The topological polar surface area (TPSA) is 58.6 Å². The van der Waals surface area contributed by atoms with E-state index >= 15 is 0 Å². The van der Waals surface area contributed by atoms with Crippen LogP contribution in [0.5, 0.6) is 5.75 Å². The Morgan fingerprint density at radius 1 is 1.53 bits per heavy atom. The minimum absolute atomic E-state index is 0.170. The largest absolute Gasteiger partial charge is 0.496 e. The smallest absolute Gasteiger partial charge is 0.246 e. The minimum atomic E-state index is -0.302. The standard InChI is InChI=1S/C14H21NO3S/c1-9(14(16)15-17)13(10-5-3-4-6-10)12-7-11(18-2)8-19-12/h7-10,13,17H,3-6H2,1-2H3,(H,15,16). The molecular weight excluding hydrogens is 262 g/mol. The fraction of sp³-hybridized carbons (Fsp3) is 0.643. The number of nitrogens with one attached hydrogen (secondary N) is 1. The molecule has 1 fully saturated rings. The van der Waals surface area contributed by atoms with Crippen molar-refractivity contribution in [2.75, 3.05) is 7.11 Å². The second kappa shape index (κ2) is 6.39. The molecule has 5 heteroatoms. The summed E-state index contributed by atoms with van der Waals surface area (Å²) in [6.45, 7) is 1.89. The molecule has 1 aliphatic rings. The Morgan fingerprint density at radius 2 is 2.21 bits per heavy atom. The van der Waals surface area contributed by atoms with Crippen LogP contribution in [0.15, 0.2) is 11.4 Å². The lowest BCUT2D eigenvalue weighted by atomic mass is 9.80. The van der Waals surface area contributed by atoms with Gasteiger partial charge in [0.15, 0.2) is 0 Å². The molecule has 106 valence electrons. The van der Waals surface area contributed by atoms with E-state index in [2.05, 4.69) is 0 Å². The molecule has 2 N–H and O–H groups in total. The maximum atomic E-state index is 11.8. The van der Waals surface area contributed by atoms with Crippen LogP contribution >= 0.6 is 11.3 Å². The third kappa shape index (κ3) is 3.09. The van der Waals surface area contributed by atoms with Gasteiger partial charge in [-0.25, -0.2) is 5.48 Å². The number of ether oxygens (including phenoxy) is 1. The summed E-state index contributed by atoms with van der Waals surface area (Å²) in [7, 11) is 1.65. The number of methoxy groups -OCH3 is 1. The Hall–Kier alpha value is -1.07. The summed E-state index contributed by atoms with van der Waals surface area (Å²) in [5, 5.41) is 10.8. The van der Waals surface area contributed by atoms with Crippen LogP contribution in [-0.2, 0) is 4.79 Å². The van der Waals surface area contributed by atoms with Crippen LogP contribution in [-0.4, -0.2) is 18.2 Å². The van der Waals surface area contributed by atoms with Gasteiger partial charge in [-0.05, 0) is 24.8 Å². The molecule has 1 aromatic heterocycles. The molecule has 1 saturated carbocycles. The molecule has 0 bridgehead atoms. The van der Waals surface area contributed by atoms with Gasteiger partial charge in [-0.1, -0.05) is 19.8 Å². The number of amides is 1. The van der Waals surface area contributed by atoms with Crippen molar-refractivity contribution in [2.24, 2.45) is 11.8 Å². The number of hydrogen-bond acceptors (Lipinski definition) is 4. The highest BCUT2D eigenvalue weighted by molar-refractivity contribution is 7.10. The second-order valence-corrected chi connectivity index (χ2v) is 6.17. The maximum absolute atomic E-state index is 11.8. The van der Waals surface area contributed by atoms with Crippen LogP contribution in [0.2, 0.25) is 0 Å².